The zero-order valence-corrected chi connectivity index (χ0v) is 10.5. The van der Waals surface area contributed by atoms with Gasteiger partial charge in [0.15, 0.2) is 0 Å². The Kier molecular flexibility index (Phi) is 3.71. The summed E-state index contributed by atoms with van der Waals surface area (Å²) in [5, 5.41) is 0. The number of amides is 1. The van der Waals surface area contributed by atoms with Crippen LogP contribution in [0.3, 0.4) is 0 Å². The molecule has 1 saturated heterocycles. The molecule has 1 aliphatic rings. The van der Waals surface area contributed by atoms with Crippen molar-refractivity contribution >= 4 is 5.91 Å². The third-order valence-electron chi connectivity index (χ3n) is 3.59. The average Bonchev–Trinajstić information content (AvgIpc) is 2.66. The van der Waals surface area contributed by atoms with Gasteiger partial charge in [0.2, 0.25) is 5.91 Å². The minimum Gasteiger partial charge on any atom is -0.342 e. The first-order chi connectivity index (χ1) is 8.26. The summed E-state index contributed by atoms with van der Waals surface area (Å²) in [5.74, 6) is 0.908. The lowest BCUT2D eigenvalue weighted by molar-refractivity contribution is -0.131. The Morgan fingerprint density at radius 1 is 1.35 bits per heavy atom. The molecule has 1 fully saturated rings. The van der Waals surface area contributed by atoms with Crippen LogP contribution in [0.1, 0.15) is 25.8 Å². The molecule has 0 saturated carbocycles. The first-order valence-corrected chi connectivity index (χ1v) is 6.28. The van der Waals surface area contributed by atoms with Crippen molar-refractivity contribution in [1.29, 1.82) is 0 Å². The normalized spacial score (nSPS) is 24.4. The minimum atomic E-state index is 0.176. The van der Waals surface area contributed by atoms with Gasteiger partial charge in [0.1, 0.15) is 6.33 Å². The predicted molar refractivity (Wildman–Crippen MR) is 65.3 cm³/mol. The molecule has 0 spiro atoms. The van der Waals surface area contributed by atoms with Gasteiger partial charge in [0.05, 0.1) is 0 Å². The van der Waals surface area contributed by atoms with E-state index in [9.17, 15) is 4.79 Å². The lowest BCUT2D eigenvalue weighted by Gasteiger charge is -2.14. The number of likely N-dealkylation sites (tertiary alicyclic amines) is 1. The largest absolute Gasteiger partial charge is 0.342 e. The highest BCUT2D eigenvalue weighted by Gasteiger charge is 2.37. The van der Waals surface area contributed by atoms with E-state index in [-0.39, 0.29) is 5.92 Å². The molecule has 0 aliphatic carbocycles. The summed E-state index contributed by atoms with van der Waals surface area (Å²) in [6, 6.07) is 0. The summed E-state index contributed by atoms with van der Waals surface area (Å²) < 4.78 is 0. The second-order valence-corrected chi connectivity index (χ2v) is 4.60. The van der Waals surface area contributed by atoms with Gasteiger partial charge in [-0.1, -0.05) is 6.92 Å². The van der Waals surface area contributed by atoms with E-state index in [1.54, 1.807) is 6.33 Å². The molecule has 1 aromatic rings. The highest BCUT2D eigenvalue weighted by atomic mass is 16.2. The first-order valence-electron chi connectivity index (χ1n) is 6.28. The Labute approximate surface area is 102 Å². The van der Waals surface area contributed by atoms with Crippen molar-refractivity contribution in [3.8, 4) is 0 Å². The van der Waals surface area contributed by atoms with Crippen LogP contribution in [0.15, 0.2) is 18.7 Å². The monoisotopic (exact) mass is 233 g/mol. The first kappa shape index (κ1) is 12.0. The molecule has 2 atom stereocenters. The topological polar surface area (TPSA) is 46.1 Å². The fraction of sp³-hybridized carbons (Fsp3) is 0.615. The van der Waals surface area contributed by atoms with E-state index < -0.39 is 0 Å². The second-order valence-electron chi connectivity index (χ2n) is 4.60. The minimum absolute atomic E-state index is 0.176. The van der Waals surface area contributed by atoms with Crippen molar-refractivity contribution in [3.63, 3.8) is 0 Å². The van der Waals surface area contributed by atoms with Gasteiger partial charge in [-0.25, -0.2) is 9.97 Å². The molecule has 1 aliphatic heterocycles. The van der Waals surface area contributed by atoms with Crippen molar-refractivity contribution in [3.05, 3.63) is 24.3 Å². The van der Waals surface area contributed by atoms with Gasteiger partial charge in [0, 0.05) is 31.4 Å². The van der Waals surface area contributed by atoms with Gasteiger partial charge in [0.25, 0.3) is 0 Å². The Morgan fingerprint density at radius 2 is 2.06 bits per heavy atom. The van der Waals surface area contributed by atoms with Gasteiger partial charge in [-0.15, -0.1) is 0 Å². The fourth-order valence-electron chi connectivity index (χ4n) is 2.67. The van der Waals surface area contributed by atoms with E-state index in [1.807, 2.05) is 24.2 Å². The third kappa shape index (κ3) is 2.46. The van der Waals surface area contributed by atoms with Crippen LogP contribution in [0.4, 0.5) is 0 Å². The summed E-state index contributed by atoms with van der Waals surface area (Å²) in [5.41, 5.74) is 1.13. The molecule has 0 bridgehead atoms. The number of rotatable bonds is 4. The molecule has 0 N–H and O–H groups in total. The molecule has 92 valence electrons. The van der Waals surface area contributed by atoms with Crippen molar-refractivity contribution < 1.29 is 4.79 Å². The SMILES string of the molecule is CCC1C(=O)N(CC)CC1Cc1cncnc1. The zero-order valence-electron chi connectivity index (χ0n) is 10.5. The molecule has 0 radical (unpaired) electrons. The maximum Gasteiger partial charge on any atom is 0.226 e. The highest BCUT2D eigenvalue weighted by Crippen LogP contribution is 2.29. The van der Waals surface area contributed by atoms with Crippen molar-refractivity contribution in [1.82, 2.24) is 14.9 Å². The van der Waals surface area contributed by atoms with Gasteiger partial charge < -0.3 is 4.90 Å². The van der Waals surface area contributed by atoms with Crippen molar-refractivity contribution in [2.75, 3.05) is 13.1 Å². The second kappa shape index (κ2) is 5.25. The molecule has 0 aromatic carbocycles. The van der Waals surface area contributed by atoms with Crippen LogP contribution >= 0.6 is 0 Å². The number of hydrogen-bond donors (Lipinski definition) is 0. The smallest absolute Gasteiger partial charge is 0.226 e. The zero-order chi connectivity index (χ0) is 12.3. The Hall–Kier alpha value is -1.45. The van der Waals surface area contributed by atoms with E-state index in [0.717, 1.165) is 31.5 Å². The lowest BCUT2D eigenvalue weighted by atomic mass is 9.88. The maximum absolute atomic E-state index is 12.1. The Bertz CT molecular complexity index is 380. The molecule has 4 heteroatoms. The average molecular weight is 233 g/mol. The molecule has 4 nitrogen and oxygen atoms in total. The predicted octanol–water partition coefficient (Wildman–Crippen LogP) is 1.52. The van der Waals surface area contributed by atoms with E-state index >= 15 is 0 Å². The summed E-state index contributed by atoms with van der Waals surface area (Å²) in [7, 11) is 0. The van der Waals surface area contributed by atoms with Gasteiger partial charge in [-0.05, 0) is 31.2 Å². The summed E-state index contributed by atoms with van der Waals surface area (Å²) in [6.07, 6.45) is 7.06. The molecular weight excluding hydrogens is 214 g/mol. The number of carbonyl (C=O) groups is 1. The Morgan fingerprint density at radius 3 is 2.65 bits per heavy atom. The van der Waals surface area contributed by atoms with Gasteiger partial charge in [-0.3, -0.25) is 4.79 Å². The van der Waals surface area contributed by atoms with E-state index in [0.29, 0.717) is 11.8 Å². The summed E-state index contributed by atoms with van der Waals surface area (Å²) >= 11 is 0. The maximum atomic E-state index is 12.1. The van der Waals surface area contributed by atoms with Gasteiger partial charge in [-0.2, -0.15) is 0 Å². The van der Waals surface area contributed by atoms with Gasteiger partial charge >= 0.3 is 0 Å². The van der Waals surface area contributed by atoms with Crippen LogP contribution < -0.4 is 0 Å². The number of nitrogens with zero attached hydrogens (tertiary/aromatic N) is 3. The van der Waals surface area contributed by atoms with E-state index in [4.69, 9.17) is 0 Å². The van der Waals surface area contributed by atoms with Crippen LogP contribution in [0.5, 0.6) is 0 Å². The molecule has 1 aromatic heterocycles. The quantitative estimate of drug-likeness (QED) is 0.792. The van der Waals surface area contributed by atoms with Crippen LogP contribution in [-0.2, 0) is 11.2 Å². The van der Waals surface area contributed by atoms with Crippen LogP contribution in [0, 0.1) is 11.8 Å². The Balaban J connectivity index is 2.08. The molecule has 2 rings (SSSR count). The molecule has 17 heavy (non-hydrogen) atoms. The van der Waals surface area contributed by atoms with E-state index in [2.05, 4.69) is 16.9 Å². The summed E-state index contributed by atoms with van der Waals surface area (Å²) in [4.78, 5) is 22.1. The number of aromatic nitrogens is 2. The lowest BCUT2D eigenvalue weighted by Crippen LogP contribution is -2.26. The van der Waals surface area contributed by atoms with Crippen molar-refractivity contribution in [2.24, 2.45) is 11.8 Å². The van der Waals surface area contributed by atoms with Crippen LogP contribution in [0.2, 0.25) is 0 Å². The number of carbonyl (C=O) groups excluding carboxylic acids is 1. The van der Waals surface area contributed by atoms with Crippen LogP contribution in [-0.4, -0.2) is 33.9 Å². The van der Waals surface area contributed by atoms with E-state index in [1.165, 1.54) is 0 Å². The standard InChI is InChI=1S/C13H19N3O/c1-3-12-11(8-16(4-2)13(12)17)5-10-6-14-9-15-7-10/h6-7,9,11-12H,3-5,8H2,1-2H3. The molecular formula is C13H19N3O. The molecule has 1 amide bonds. The third-order valence-corrected chi connectivity index (χ3v) is 3.59. The highest BCUT2D eigenvalue weighted by molar-refractivity contribution is 5.81. The van der Waals surface area contributed by atoms with Crippen LogP contribution in [0.25, 0.3) is 0 Å². The number of hydrogen-bond acceptors (Lipinski definition) is 3. The fourth-order valence-corrected chi connectivity index (χ4v) is 2.67. The summed E-state index contributed by atoms with van der Waals surface area (Å²) in [6.45, 7) is 5.83. The molecule has 2 heterocycles. The van der Waals surface area contributed by atoms with Crippen molar-refractivity contribution in [2.45, 2.75) is 26.7 Å². The molecule has 2 unspecified atom stereocenters.